The van der Waals surface area contributed by atoms with Gasteiger partial charge in [0.2, 0.25) is 0 Å². The smallest absolute Gasteiger partial charge is 0.407 e. The minimum absolute atomic E-state index is 0.0643. The highest BCUT2D eigenvalue weighted by molar-refractivity contribution is 5.94. The summed E-state index contributed by atoms with van der Waals surface area (Å²) in [6.45, 7) is 4.49. The van der Waals surface area contributed by atoms with E-state index in [4.69, 9.17) is 19.4 Å². The van der Waals surface area contributed by atoms with Crippen LogP contribution in [0.15, 0.2) is 42.5 Å². The summed E-state index contributed by atoms with van der Waals surface area (Å²) in [6.07, 6.45) is 2.18. The van der Waals surface area contributed by atoms with Gasteiger partial charge >= 0.3 is 12.1 Å². The van der Waals surface area contributed by atoms with Gasteiger partial charge in [0.25, 0.3) is 0 Å². The largest absolute Gasteiger partial charge is 0.465 e. The second kappa shape index (κ2) is 11.2. The Morgan fingerprint density at radius 1 is 1.12 bits per heavy atom. The Morgan fingerprint density at radius 3 is 2.74 bits per heavy atom. The van der Waals surface area contributed by atoms with Crippen LogP contribution < -0.4 is 14.5 Å². The highest BCUT2D eigenvalue weighted by atomic mass is 16.5. The maximum Gasteiger partial charge on any atom is 0.407 e. The van der Waals surface area contributed by atoms with Crippen molar-refractivity contribution >= 4 is 28.4 Å². The Bertz CT molecular complexity index is 1570. The molecule has 43 heavy (non-hydrogen) atoms. The molecule has 224 valence electrons. The summed E-state index contributed by atoms with van der Waals surface area (Å²) in [4.78, 5) is 30.0. The lowest BCUT2D eigenvalue weighted by Crippen LogP contribution is -2.55. The van der Waals surface area contributed by atoms with E-state index < -0.39 is 12.1 Å². The number of fused-ring (bicyclic) bond motifs is 2. The Kier molecular flexibility index (Phi) is 7.19. The van der Waals surface area contributed by atoms with E-state index in [1.54, 1.807) is 0 Å². The molecule has 2 saturated heterocycles. The summed E-state index contributed by atoms with van der Waals surface area (Å²) >= 11 is 0. The maximum atomic E-state index is 11.9. The van der Waals surface area contributed by atoms with Crippen LogP contribution in [0.25, 0.3) is 10.8 Å². The molecule has 1 aliphatic carbocycles. The molecule has 1 N–H and O–H groups in total. The van der Waals surface area contributed by atoms with Gasteiger partial charge in [-0.3, -0.25) is 4.90 Å². The van der Waals surface area contributed by atoms with E-state index in [9.17, 15) is 15.2 Å². The number of carboxylic acid groups (broad SMARTS) is 1. The zero-order valence-corrected chi connectivity index (χ0v) is 24.5. The third kappa shape index (κ3) is 5.30. The number of morpholine rings is 1. The zero-order valence-electron chi connectivity index (χ0n) is 24.5. The normalized spacial score (nSPS) is 23.2. The average molecular weight is 584 g/mol. The summed E-state index contributed by atoms with van der Waals surface area (Å²) in [6, 6.07) is 16.8. The van der Waals surface area contributed by atoms with Crippen LogP contribution in [0.3, 0.4) is 0 Å². The number of likely N-dealkylation sites (N-methyl/N-ethyl adjacent to an activating group) is 1. The molecule has 1 amide bonds. The van der Waals surface area contributed by atoms with Gasteiger partial charge < -0.3 is 29.3 Å². The minimum Gasteiger partial charge on any atom is -0.465 e. The lowest BCUT2D eigenvalue weighted by Gasteiger charge is -2.41. The summed E-state index contributed by atoms with van der Waals surface area (Å²) in [5, 5.41) is 21.5. The van der Waals surface area contributed by atoms with Gasteiger partial charge in [0.15, 0.2) is 0 Å². The average Bonchev–Trinajstić information content (AvgIpc) is 3.81. The number of hydrogen-bond acceptors (Lipinski definition) is 9. The van der Waals surface area contributed by atoms with Crippen LogP contribution in [-0.4, -0.2) is 102 Å². The molecule has 11 heteroatoms. The number of rotatable bonds is 6. The van der Waals surface area contributed by atoms with Crippen molar-refractivity contribution in [3.8, 4) is 12.1 Å². The molecular formula is C32H37N7O4. The highest BCUT2D eigenvalue weighted by Crippen LogP contribution is 2.43. The summed E-state index contributed by atoms with van der Waals surface area (Å²) < 4.78 is 12.4. The molecule has 2 aromatic carbocycles. The first-order valence-electron chi connectivity index (χ1n) is 15.1. The van der Waals surface area contributed by atoms with Gasteiger partial charge in [0, 0.05) is 54.9 Å². The SMILES string of the molecule is CN1CC(COc2nc3c(c(N4CCN(C(=O)O)C(CC#N)C4)n2)CCN(c2cccc4ccccc24)C3)OCC12CC2. The standard InChI is InChI=1S/C32H37N7O4/c1-36-18-24(43-21-32(36)11-12-32)20-42-30-34-27-19-37(28-8-4-6-22-5-2-3-7-25(22)28)14-10-26(27)29(35-30)38-15-16-39(31(40)41)23(17-38)9-13-33/h2-8,23-24H,9-12,14-21H2,1H3,(H,40,41). The molecule has 3 aliphatic heterocycles. The Labute approximate surface area is 251 Å². The summed E-state index contributed by atoms with van der Waals surface area (Å²) in [5.74, 6) is 0.782. The topological polar surface area (TPSA) is 118 Å². The van der Waals surface area contributed by atoms with Gasteiger partial charge in [-0.15, -0.1) is 0 Å². The van der Waals surface area contributed by atoms with Gasteiger partial charge in [-0.25, -0.2) is 4.79 Å². The van der Waals surface area contributed by atoms with Gasteiger partial charge in [0.1, 0.15) is 18.5 Å². The molecule has 2 unspecified atom stereocenters. The Hall–Kier alpha value is -4.14. The molecule has 11 nitrogen and oxygen atoms in total. The van der Waals surface area contributed by atoms with Crippen LogP contribution in [0.1, 0.15) is 30.5 Å². The van der Waals surface area contributed by atoms with E-state index >= 15 is 0 Å². The van der Waals surface area contributed by atoms with E-state index in [1.165, 1.54) is 34.2 Å². The van der Waals surface area contributed by atoms with E-state index in [1.807, 2.05) is 0 Å². The van der Waals surface area contributed by atoms with E-state index in [-0.39, 0.29) is 18.1 Å². The molecule has 4 heterocycles. The third-order valence-corrected chi connectivity index (χ3v) is 9.59. The fraction of sp³-hybridized carbons (Fsp3) is 0.500. The zero-order chi connectivity index (χ0) is 29.6. The number of carbonyl (C=O) groups is 1. The molecule has 7 rings (SSSR count). The number of aromatic nitrogens is 2. The predicted octanol–water partition coefficient (Wildman–Crippen LogP) is 3.52. The summed E-state index contributed by atoms with van der Waals surface area (Å²) in [7, 11) is 2.16. The first kappa shape index (κ1) is 27.7. The number of piperazine rings is 1. The predicted molar refractivity (Wildman–Crippen MR) is 162 cm³/mol. The van der Waals surface area contributed by atoms with Crippen molar-refractivity contribution in [3.05, 3.63) is 53.7 Å². The molecule has 3 aromatic rings. The fourth-order valence-electron chi connectivity index (χ4n) is 6.86. The van der Waals surface area contributed by atoms with Crippen LogP contribution in [0.2, 0.25) is 0 Å². The second-order valence-electron chi connectivity index (χ2n) is 12.2. The number of nitrogens with zero attached hydrogens (tertiary/aromatic N) is 7. The van der Waals surface area contributed by atoms with Crippen LogP contribution in [0, 0.1) is 11.3 Å². The summed E-state index contributed by atoms with van der Waals surface area (Å²) in [5.41, 5.74) is 3.36. The van der Waals surface area contributed by atoms with Crippen molar-refractivity contribution in [1.82, 2.24) is 19.8 Å². The molecule has 0 bridgehead atoms. The van der Waals surface area contributed by atoms with E-state index in [0.717, 1.165) is 43.2 Å². The lowest BCUT2D eigenvalue weighted by molar-refractivity contribution is -0.0799. The molecule has 1 spiro atoms. The molecule has 3 fully saturated rings. The van der Waals surface area contributed by atoms with Crippen molar-refractivity contribution in [2.24, 2.45) is 0 Å². The number of hydrogen-bond donors (Lipinski definition) is 1. The molecule has 1 aromatic heterocycles. The van der Waals surface area contributed by atoms with Crippen LogP contribution in [-0.2, 0) is 17.7 Å². The molecule has 1 saturated carbocycles. The Morgan fingerprint density at radius 2 is 1.95 bits per heavy atom. The first-order chi connectivity index (χ1) is 20.9. The van der Waals surface area contributed by atoms with Gasteiger partial charge in [-0.2, -0.15) is 15.2 Å². The third-order valence-electron chi connectivity index (χ3n) is 9.59. The number of anilines is 2. The quantitative estimate of drug-likeness (QED) is 0.462. The van der Waals surface area contributed by atoms with E-state index in [0.29, 0.717) is 38.8 Å². The molecule has 4 aliphatic rings. The van der Waals surface area contributed by atoms with Gasteiger partial charge in [-0.05, 0) is 37.8 Å². The molecular weight excluding hydrogens is 546 g/mol. The van der Waals surface area contributed by atoms with Crippen LogP contribution in [0.5, 0.6) is 6.01 Å². The molecule has 2 atom stereocenters. The maximum absolute atomic E-state index is 11.9. The van der Waals surface area contributed by atoms with Crippen molar-refractivity contribution in [2.75, 3.05) is 62.8 Å². The second-order valence-corrected chi connectivity index (χ2v) is 12.2. The fourth-order valence-corrected chi connectivity index (χ4v) is 6.86. The number of benzene rings is 2. The van der Waals surface area contributed by atoms with Crippen LogP contribution >= 0.6 is 0 Å². The number of nitriles is 1. The van der Waals surface area contributed by atoms with E-state index in [2.05, 4.69) is 70.3 Å². The van der Waals surface area contributed by atoms with Gasteiger partial charge in [-0.1, -0.05) is 36.4 Å². The lowest BCUT2D eigenvalue weighted by atomic mass is 10.0. The van der Waals surface area contributed by atoms with Gasteiger partial charge in [0.05, 0.1) is 37.4 Å². The van der Waals surface area contributed by atoms with Crippen molar-refractivity contribution < 1.29 is 19.4 Å². The van der Waals surface area contributed by atoms with Crippen molar-refractivity contribution in [1.29, 1.82) is 5.26 Å². The van der Waals surface area contributed by atoms with Crippen molar-refractivity contribution in [2.45, 2.75) is 49.9 Å². The molecule has 0 radical (unpaired) electrons. The minimum atomic E-state index is -0.996. The highest BCUT2D eigenvalue weighted by Gasteiger charge is 2.50. The number of ether oxygens (including phenoxy) is 2. The Balaban J connectivity index is 1.18. The number of amides is 1. The van der Waals surface area contributed by atoms with Crippen molar-refractivity contribution in [3.63, 3.8) is 0 Å². The van der Waals surface area contributed by atoms with Crippen LogP contribution in [0.4, 0.5) is 16.3 Å². The first-order valence-corrected chi connectivity index (χ1v) is 15.1. The monoisotopic (exact) mass is 583 g/mol.